The Bertz CT molecular complexity index is 518. The summed E-state index contributed by atoms with van der Waals surface area (Å²) in [7, 11) is 1.37. The second kappa shape index (κ2) is 7.80. The van der Waals surface area contributed by atoms with E-state index in [0.29, 0.717) is 12.1 Å². The van der Waals surface area contributed by atoms with Gasteiger partial charge in [-0.2, -0.15) is 0 Å². The largest absolute Gasteiger partial charge is 0.490 e. The molecule has 1 aliphatic heterocycles. The van der Waals surface area contributed by atoms with Gasteiger partial charge < -0.3 is 15.4 Å². The van der Waals surface area contributed by atoms with E-state index in [9.17, 15) is 14.9 Å². The van der Waals surface area contributed by atoms with Crippen LogP contribution in [0, 0.1) is 10.1 Å². The second-order valence-corrected chi connectivity index (χ2v) is 4.69. The lowest BCUT2D eigenvalue weighted by molar-refractivity contribution is -0.385. The first kappa shape index (κ1) is 17.2. The van der Waals surface area contributed by atoms with Crippen molar-refractivity contribution in [2.45, 2.75) is 25.3 Å². The third kappa shape index (κ3) is 4.57. The van der Waals surface area contributed by atoms with Gasteiger partial charge in [0, 0.05) is 24.2 Å². The number of methoxy groups -OCH3 is 1. The number of amides is 1. The maximum absolute atomic E-state index is 11.9. The Morgan fingerprint density at radius 1 is 1.57 bits per heavy atom. The molecule has 7 nitrogen and oxygen atoms in total. The summed E-state index contributed by atoms with van der Waals surface area (Å²) in [5.41, 5.74) is 0.241. The molecular weight excluding hydrogens is 298 g/mol. The molecule has 1 atom stereocenters. The van der Waals surface area contributed by atoms with E-state index in [4.69, 9.17) is 4.74 Å². The molecular formula is C13H18ClN3O4. The number of halogens is 1. The lowest BCUT2D eigenvalue weighted by Gasteiger charge is -2.11. The Balaban J connectivity index is 0.00000220. The number of hydrogen-bond donors (Lipinski definition) is 2. The molecule has 1 aromatic carbocycles. The molecule has 0 aromatic heterocycles. The lowest BCUT2D eigenvalue weighted by Crippen LogP contribution is -2.27. The molecule has 1 fully saturated rings. The number of anilines is 1. The van der Waals surface area contributed by atoms with Crippen LogP contribution >= 0.6 is 12.4 Å². The predicted octanol–water partition coefficient (Wildman–Crippen LogP) is 2.11. The van der Waals surface area contributed by atoms with Crippen LogP contribution in [0.4, 0.5) is 11.4 Å². The van der Waals surface area contributed by atoms with Gasteiger partial charge in [-0.15, -0.1) is 12.4 Å². The third-order valence-corrected chi connectivity index (χ3v) is 3.25. The third-order valence-electron chi connectivity index (χ3n) is 3.25. The van der Waals surface area contributed by atoms with Gasteiger partial charge in [-0.05, 0) is 31.5 Å². The zero-order chi connectivity index (χ0) is 14.5. The summed E-state index contributed by atoms with van der Waals surface area (Å²) in [6, 6.07) is 4.56. The van der Waals surface area contributed by atoms with Gasteiger partial charge in [0.15, 0.2) is 5.75 Å². The summed E-state index contributed by atoms with van der Waals surface area (Å²) in [4.78, 5) is 22.2. The van der Waals surface area contributed by atoms with Gasteiger partial charge in [-0.25, -0.2) is 0 Å². The number of hydrogen-bond acceptors (Lipinski definition) is 5. The summed E-state index contributed by atoms with van der Waals surface area (Å²) in [6.07, 6.45) is 2.43. The molecule has 0 aliphatic carbocycles. The zero-order valence-corrected chi connectivity index (χ0v) is 12.4. The molecule has 1 amide bonds. The van der Waals surface area contributed by atoms with E-state index in [0.717, 1.165) is 19.4 Å². The first-order valence-electron chi connectivity index (χ1n) is 6.46. The summed E-state index contributed by atoms with van der Waals surface area (Å²) >= 11 is 0. The number of nitro groups is 1. The van der Waals surface area contributed by atoms with Crippen LogP contribution in [0.15, 0.2) is 18.2 Å². The number of benzene rings is 1. The highest BCUT2D eigenvalue weighted by Crippen LogP contribution is 2.29. The molecule has 116 valence electrons. The van der Waals surface area contributed by atoms with Crippen molar-refractivity contribution in [1.82, 2.24) is 5.32 Å². The molecule has 0 radical (unpaired) electrons. The molecule has 1 saturated heterocycles. The standard InChI is InChI=1S/C13H17N3O4.ClH/c1-20-12-5-4-10(7-11(12)16(18)19)15-13(17)8-9-3-2-6-14-9;/h4-5,7,9,14H,2-3,6,8H2,1H3,(H,15,17);1H. The molecule has 1 aliphatic rings. The fourth-order valence-electron chi connectivity index (χ4n) is 2.28. The summed E-state index contributed by atoms with van der Waals surface area (Å²) in [5.74, 6) is 0.0225. The smallest absolute Gasteiger partial charge is 0.312 e. The highest BCUT2D eigenvalue weighted by molar-refractivity contribution is 5.91. The van der Waals surface area contributed by atoms with E-state index in [1.165, 1.54) is 19.2 Å². The molecule has 8 heteroatoms. The fraction of sp³-hybridized carbons (Fsp3) is 0.462. The second-order valence-electron chi connectivity index (χ2n) is 4.69. The lowest BCUT2D eigenvalue weighted by atomic mass is 10.1. The van der Waals surface area contributed by atoms with Crippen LogP contribution in [0.3, 0.4) is 0 Å². The van der Waals surface area contributed by atoms with Crippen LogP contribution in [-0.4, -0.2) is 30.5 Å². The topological polar surface area (TPSA) is 93.5 Å². The van der Waals surface area contributed by atoms with Gasteiger partial charge in [0.2, 0.25) is 5.91 Å². The number of nitro benzene ring substituents is 1. The Kier molecular flexibility index (Phi) is 6.39. The highest BCUT2D eigenvalue weighted by atomic mass is 35.5. The van der Waals surface area contributed by atoms with Gasteiger partial charge in [0.05, 0.1) is 12.0 Å². The monoisotopic (exact) mass is 315 g/mol. The first-order valence-corrected chi connectivity index (χ1v) is 6.46. The number of rotatable bonds is 5. The molecule has 2 N–H and O–H groups in total. The van der Waals surface area contributed by atoms with Crippen molar-refractivity contribution in [2.24, 2.45) is 0 Å². The van der Waals surface area contributed by atoms with E-state index >= 15 is 0 Å². The molecule has 0 saturated carbocycles. The maximum Gasteiger partial charge on any atom is 0.312 e. The summed E-state index contributed by atoms with van der Waals surface area (Å²) in [6.45, 7) is 0.936. The number of nitrogens with zero attached hydrogens (tertiary/aromatic N) is 1. The molecule has 1 aromatic rings. The van der Waals surface area contributed by atoms with E-state index < -0.39 is 4.92 Å². The minimum atomic E-state index is -0.535. The minimum absolute atomic E-state index is 0. The number of ether oxygens (including phenoxy) is 1. The van der Waals surface area contributed by atoms with Crippen molar-refractivity contribution in [2.75, 3.05) is 19.0 Å². The van der Waals surface area contributed by atoms with Crippen LogP contribution in [0.5, 0.6) is 5.75 Å². The fourth-order valence-corrected chi connectivity index (χ4v) is 2.28. The molecule has 21 heavy (non-hydrogen) atoms. The number of carbonyl (C=O) groups excluding carboxylic acids is 1. The van der Waals surface area contributed by atoms with Crippen molar-refractivity contribution in [3.05, 3.63) is 28.3 Å². The molecule has 0 spiro atoms. The van der Waals surface area contributed by atoms with Gasteiger partial charge in [0.1, 0.15) is 0 Å². The van der Waals surface area contributed by atoms with Crippen LogP contribution < -0.4 is 15.4 Å². The Morgan fingerprint density at radius 2 is 2.33 bits per heavy atom. The SMILES string of the molecule is COc1ccc(NC(=O)CC2CCCN2)cc1[N+](=O)[O-].Cl. The predicted molar refractivity (Wildman–Crippen MR) is 81.2 cm³/mol. The molecule has 0 bridgehead atoms. The number of carbonyl (C=O) groups is 1. The van der Waals surface area contributed by atoms with Gasteiger partial charge in [0.25, 0.3) is 0 Å². The zero-order valence-electron chi connectivity index (χ0n) is 11.6. The quantitative estimate of drug-likeness (QED) is 0.641. The Morgan fingerprint density at radius 3 is 2.90 bits per heavy atom. The molecule has 1 heterocycles. The first-order chi connectivity index (χ1) is 9.60. The van der Waals surface area contributed by atoms with Gasteiger partial charge in [-0.1, -0.05) is 0 Å². The number of nitrogens with one attached hydrogen (secondary N) is 2. The maximum atomic E-state index is 11.9. The van der Waals surface area contributed by atoms with E-state index in [1.807, 2.05) is 0 Å². The van der Waals surface area contributed by atoms with Crippen molar-refractivity contribution < 1.29 is 14.5 Å². The van der Waals surface area contributed by atoms with Crippen LogP contribution in [-0.2, 0) is 4.79 Å². The average Bonchev–Trinajstić information content (AvgIpc) is 2.91. The van der Waals surface area contributed by atoms with Gasteiger partial charge >= 0.3 is 5.69 Å². The molecule has 2 rings (SSSR count). The van der Waals surface area contributed by atoms with Crippen molar-refractivity contribution in [3.8, 4) is 5.75 Å². The van der Waals surface area contributed by atoms with Crippen LogP contribution in [0.2, 0.25) is 0 Å². The molecule has 1 unspecified atom stereocenters. The Labute approximate surface area is 128 Å². The van der Waals surface area contributed by atoms with Crippen molar-refractivity contribution in [3.63, 3.8) is 0 Å². The average molecular weight is 316 g/mol. The van der Waals surface area contributed by atoms with E-state index in [2.05, 4.69) is 10.6 Å². The summed E-state index contributed by atoms with van der Waals surface area (Å²) in [5, 5.41) is 16.8. The normalized spacial score (nSPS) is 16.9. The van der Waals surface area contributed by atoms with E-state index in [1.54, 1.807) is 6.07 Å². The van der Waals surface area contributed by atoms with Crippen LogP contribution in [0.1, 0.15) is 19.3 Å². The van der Waals surface area contributed by atoms with Gasteiger partial charge in [-0.3, -0.25) is 14.9 Å². The van der Waals surface area contributed by atoms with E-state index in [-0.39, 0.29) is 35.8 Å². The van der Waals surface area contributed by atoms with Crippen molar-refractivity contribution >= 4 is 29.7 Å². The summed E-state index contributed by atoms with van der Waals surface area (Å²) < 4.78 is 4.91. The highest BCUT2D eigenvalue weighted by Gasteiger charge is 2.19. The van der Waals surface area contributed by atoms with Crippen molar-refractivity contribution in [1.29, 1.82) is 0 Å². The van der Waals surface area contributed by atoms with Crippen LogP contribution in [0.25, 0.3) is 0 Å². The minimum Gasteiger partial charge on any atom is -0.490 e. The Hall–Kier alpha value is -1.86.